The molecule has 0 spiro atoms. The lowest BCUT2D eigenvalue weighted by Crippen LogP contribution is -2.15. The summed E-state index contributed by atoms with van der Waals surface area (Å²) in [5.41, 5.74) is 6.04. The van der Waals surface area contributed by atoms with Crippen LogP contribution in [0, 0.1) is 5.92 Å². The monoisotopic (exact) mass is 261 g/mol. The summed E-state index contributed by atoms with van der Waals surface area (Å²) < 4.78 is 31.2. The minimum absolute atomic E-state index is 0.0107. The molecule has 96 valence electrons. The zero-order valence-corrected chi connectivity index (χ0v) is 10.6. The van der Waals surface area contributed by atoms with Crippen LogP contribution < -0.4 is 10.5 Å². The Labute approximate surface area is 104 Å². The molecular weight excluding hydrogens is 244 g/mol. The highest BCUT2D eigenvalue weighted by Crippen LogP contribution is 2.42. The summed E-state index contributed by atoms with van der Waals surface area (Å²) >= 11 is 1.53. The molecule has 1 aliphatic rings. The molecule has 0 aliphatic heterocycles. The summed E-state index contributed by atoms with van der Waals surface area (Å²) in [6.07, 6.45) is 1.23. The predicted octanol–water partition coefficient (Wildman–Crippen LogP) is 3.58. The van der Waals surface area contributed by atoms with Crippen LogP contribution in [0.5, 0.6) is 5.75 Å². The fraction of sp³-hybridized carbons (Fsp3) is 0.667. The standard InChI is InChI=1S/C12H17F2NOS/c1-16-9-5-11(17-7-9)10(15)4-8-2-3-12(13,14)6-8/h5,7-8,10H,2-4,6,15H2,1H3. The fourth-order valence-electron chi connectivity index (χ4n) is 2.35. The molecule has 1 aromatic heterocycles. The Balaban J connectivity index is 1.91. The van der Waals surface area contributed by atoms with Crippen molar-refractivity contribution < 1.29 is 13.5 Å². The number of hydrogen-bond donors (Lipinski definition) is 1. The molecular formula is C12H17F2NOS. The predicted molar refractivity (Wildman–Crippen MR) is 64.7 cm³/mol. The van der Waals surface area contributed by atoms with Crippen molar-refractivity contribution in [2.24, 2.45) is 11.7 Å². The second-order valence-corrected chi connectivity index (χ2v) is 5.64. The maximum atomic E-state index is 13.0. The number of thiophene rings is 1. The van der Waals surface area contributed by atoms with Gasteiger partial charge in [0.15, 0.2) is 0 Å². The number of hydrogen-bond acceptors (Lipinski definition) is 3. The number of halogens is 2. The minimum Gasteiger partial charge on any atom is -0.496 e. The summed E-state index contributed by atoms with van der Waals surface area (Å²) in [7, 11) is 1.61. The Morgan fingerprint density at radius 1 is 1.65 bits per heavy atom. The fourth-order valence-corrected chi connectivity index (χ4v) is 3.23. The summed E-state index contributed by atoms with van der Waals surface area (Å²) in [6, 6.07) is 1.74. The van der Waals surface area contributed by atoms with E-state index in [1.807, 2.05) is 11.4 Å². The van der Waals surface area contributed by atoms with Crippen molar-refractivity contribution >= 4 is 11.3 Å². The van der Waals surface area contributed by atoms with Gasteiger partial charge >= 0.3 is 0 Å². The molecule has 1 fully saturated rings. The van der Waals surface area contributed by atoms with E-state index in [0.717, 1.165) is 10.6 Å². The average Bonchev–Trinajstić information content (AvgIpc) is 2.85. The summed E-state index contributed by atoms with van der Waals surface area (Å²) in [6.45, 7) is 0. The lowest BCUT2D eigenvalue weighted by atomic mass is 9.98. The number of alkyl halides is 2. The smallest absolute Gasteiger partial charge is 0.248 e. The molecule has 0 aromatic carbocycles. The largest absolute Gasteiger partial charge is 0.496 e. The van der Waals surface area contributed by atoms with Gasteiger partial charge < -0.3 is 10.5 Å². The zero-order chi connectivity index (χ0) is 12.5. The van der Waals surface area contributed by atoms with Gasteiger partial charge in [-0.2, -0.15) is 0 Å². The topological polar surface area (TPSA) is 35.2 Å². The van der Waals surface area contributed by atoms with E-state index < -0.39 is 5.92 Å². The van der Waals surface area contributed by atoms with E-state index in [-0.39, 0.29) is 24.8 Å². The van der Waals surface area contributed by atoms with Crippen LogP contribution in [-0.2, 0) is 0 Å². The molecule has 2 nitrogen and oxygen atoms in total. The van der Waals surface area contributed by atoms with Gasteiger partial charge in [0.1, 0.15) is 5.75 Å². The van der Waals surface area contributed by atoms with E-state index in [9.17, 15) is 8.78 Å². The second kappa shape index (κ2) is 4.90. The lowest BCUT2D eigenvalue weighted by molar-refractivity contribution is 0.00448. The summed E-state index contributed by atoms with van der Waals surface area (Å²) in [5.74, 6) is -1.64. The van der Waals surface area contributed by atoms with Crippen molar-refractivity contribution in [3.05, 3.63) is 16.3 Å². The maximum absolute atomic E-state index is 13.0. The van der Waals surface area contributed by atoms with E-state index in [4.69, 9.17) is 10.5 Å². The van der Waals surface area contributed by atoms with Gasteiger partial charge in [0.25, 0.3) is 0 Å². The van der Waals surface area contributed by atoms with Crippen molar-refractivity contribution in [2.45, 2.75) is 37.6 Å². The summed E-state index contributed by atoms with van der Waals surface area (Å²) in [4.78, 5) is 1.01. The van der Waals surface area contributed by atoms with E-state index >= 15 is 0 Å². The normalized spacial score (nSPS) is 24.8. The molecule has 0 radical (unpaired) electrons. The first-order chi connectivity index (χ1) is 8.00. The first-order valence-electron chi connectivity index (χ1n) is 5.76. The highest BCUT2D eigenvalue weighted by atomic mass is 32.1. The van der Waals surface area contributed by atoms with Crippen LogP contribution in [0.4, 0.5) is 8.78 Å². The Morgan fingerprint density at radius 2 is 2.41 bits per heavy atom. The number of methoxy groups -OCH3 is 1. The number of ether oxygens (including phenoxy) is 1. The molecule has 1 aliphatic carbocycles. The third-order valence-corrected chi connectivity index (χ3v) is 4.33. The van der Waals surface area contributed by atoms with Crippen LogP contribution in [0.1, 0.15) is 36.6 Å². The zero-order valence-electron chi connectivity index (χ0n) is 9.79. The molecule has 1 heterocycles. The van der Waals surface area contributed by atoms with Crippen molar-refractivity contribution in [3.63, 3.8) is 0 Å². The van der Waals surface area contributed by atoms with Crippen LogP contribution in [0.3, 0.4) is 0 Å². The van der Waals surface area contributed by atoms with Crippen molar-refractivity contribution in [2.75, 3.05) is 7.11 Å². The highest BCUT2D eigenvalue weighted by Gasteiger charge is 2.39. The molecule has 0 saturated heterocycles. The Morgan fingerprint density at radius 3 is 2.94 bits per heavy atom. The third kappa shape index (κ3) is 3.16. The van der Waals surface area contributed by atoms with Gasteiger partial charge in [0.05, 0.1) is 7.11 Å². The van der Waals surface area contributed by atoms with E-state index in [2.05, 4.69) is 0 Å². The molecule has 2 atom stereocenters. The van der Waals surface area contributed by atoms with Gasteiger partial charge in [0.2, 0.25) is 5.92 Å². The number of nitrogens with two attached hydrogens (primary N) is 1. The summed E-state index contributed by atoms with van der Waals surface area (Å²) in [5, 5.41) is 1.89. The first-order valence-corrected chi connectivity index (χ1v) is 6.64. The molecule has 17 heavy (non-hydrogen) atoms. The van der Waals surface area contributed by atoms with Crippen LogP contribution in [0.15, 0.2) is 11.4 Å². The van der Waals surface area contributed by atoms with Gasteiger partial charge in [-0.3, -0.25) is 0 Å². The quantitative estimate of drug-likeness (QED) is 0.899. The van der Waals surface area contributed by atoms with Gasteiger partial charge in [0, 0.05) is 29.1 Å². The highest BCUT2D eigenvalue weighted by molar-refractivity contribution is 7.10. The third-order valence-electron chi connectivity index (χ3n) is 3.29. The molecule has 0 bridgehead atoms. The van der Waals surface area contributed by atoms with Crippen LogP contribution in [0.25, 0.3) is 0 Å². The molecule has 2 N–H and O–H groups in total. The van der Waals surface area contributed by atoms with Crippen LogP contribution in [0.2, 0.25) is 0 Å². The second-order valence-electron chi connectivity index (χ2n) is 4.70. The van der Waals surface area contributed by atoms with E-state index in [1.54, 1.807) is 7.11 Å². The molecule has 2 unspecified atom stereocenters. The Hall–Kier alpha value is -0.680. The maximum Gasteiger partial charge on any atom is 0.248 e. The van der Waals surface area contributed by atoms with E-state index in [1.165, 1.54) is 11.3 Å². The average molecular weight is 261 g/mol. The van der Waals surface area contributed by atoms with Crippen LogP contribution in [-0.4, -0.2) is 13.0 Å². The van der Waals surface area contributed by atoms with Crippen molar-refractivity contribution in [1.82, 2.24) is 0 Å². The van der Waals surface area contributed by atoms with E-state index in [0.29, 0.717) is 12.8 Å². The van der Waals surface area contributed by atoms with Gasteiger partial charge in [-0.25, -0.2) is 8.78 Å². The van der Waals surface area contributed by atoms with Gasteiger partial charge in [-0.05, 0) is 24.8 Å². The van der Waals surface area contributed by atoms with Crippen molar-refractivity contribution in [1.29, 1.82) is 0 Å². The number of rotatable bonds is 4. The molecule has 5 heteroatoms. The Kier molecular flexibility index (Phi) is 3.68. The minimum atomic E-state index is -2.47. The SMILES string of the molecule is COc1csc(C(N)CC2CCC(F)(F)C2)c1. The van der Waals surface area contributed by atoms with Gasteiger partial charge in [-0.1, -0.05) is 0 Å². The van der Waals surface area contributed by atoms with Crippen LogP contribution >= 0.6 is 11.3 Å². The molecule has 2 rings (SSSR count). The Bertz CT molecular complexity index is 380. The lowest BCUT2D eigenvalue weighted by Gasteiger charge is -2.15. The van der Waals surface area contributed by atoms with Gasteiger partial charge in [-0.15, -0.1) is 11.3 Å². The molecule has 1 saturated carbocycles. The first kappa shape index (κ1) is 12.8. The molecule has 1 aromatic rings. The van der Waals surface area contributed by atoms with Crippen molar-refractivity contribution in [3.8, 4) is 5.75 Å². The molecule has 0 amide bonds.